The van der Waals surface area contributed by atoms with E-state index in [1.807, 2.05) is 77.4 Å². The highest BCUT2D eigenvalue weighted by atomic mass is 35.5. The second-order valence-electron chi connectivity index (χ2n) is 15.9. The fraction of sp³-hybridized carbons (Fsp3) is 0.580. The molecule has 0 fully saturated rings. The topological polar surface area (TPSA) is 81.9 Å². The van der Waals surface area contributed by atoms with Gasteiger partial charge in [0.2, 0.25) is 0 Å². The number of aromatic nitrogens is 3. The van der Waals surface area contributed by atoms with Gasteiger partial charge in [-0.25, -0.2) is 0 Å². The van der Waals surface area contributed by atoms with Crippen LogP contribution < -0.4 is 10.6 Å². The predicted octanol–water partition coefficient (Wildman–Crippen LogP) is 13.9. The van der Waals surface area contributed by atoms with Crippen LogP contribution in [0.4, 0.5) is 13.2 Å². The van der Waals surface area contributed by atoms with Crippen LogP contribution in [0.3, 0.4) is 0 Å². The summed E-state index contributed by atoms with van der Waals surface area (Å²) in [5.41, 5.74) is 3.26. The van der Waals surface area contributed by atoms with Crippen molar-refractivity contribution < 1.29 is 27.6 Å². The Morgan fingerprint density at radius 3 is 1.95 bits per heavy atom. The molecule has 0 N–H and O–H groups in total. The van der Waals surface area contributed by atoms with Crippen molar-refractivity contribution in [1.29, 1.82) is 0 Å². The SMILES string of the molecule is CC=O.CCC(C)CC.CCCC(=O)CCC(C)C.CC\C=c1/c(=C(\C(Cl)=C(/C)CCC)c2ncc(C(F)(F)F)cc2Cl)cnn1Cc1ccc(C(=O)C(C)CC)c(CC)c1. The molecule has 0 saturated carbocycles. The Balaban J connectivity index is 0.00000157. The summed E-state index contributed by atoms with van der Waals surface area (Å²) in [7, 11) is 0. The van der Waals surface area contributed by atoms with E-state index >= 15 is 0 Å². The number of benzene rings is 1. The third-order valence-corrected chi connectivity index (χ3v) is 11.1. The van der Waals surface area contributed by atoms with Gasteiger partial charge in [0.1, 0.15) is 12.1 Å². The van der Waals surface area contributed by atoms with Gasteiger partial charge in [-0.3, -0.25) is 19.3 Å². The first kappa shape index (κ1) is 57.4. The zero-order valence-electron chi connectivity index (χ0n) is 39.3. The van der Waals surface area contributed by atoms with Gasteiger partial charge < -0.3 is 4.79 Å². The molecule has 6 nitrogen and oxygen atoms in total. The number of allylic oxidation sites excluding steroid dienone is 2. The van der Waals surface area contributed by atoms with E-state index in [1.54, 1.807) is 6.20 Å². The summed E-state index contributed by atoms with van der Waals surface area (Å²) in [4.78, 5) is 36.8. The number of carbonyl (C=O) groups is 3. The molecule has 0 spiro atoms. The molecule has 0 aliphatic rings. The van der Waals surface area contributed by atoms with Gasteiger partial charge in [0.15, 0.2) is 5.78 Å². The molecule has 11 heteroatoms. The van der Waals surface area contributed by atoms with Crippen molar-refractivity contribution in [1.82, 2.24) is 14.8 Å². The number of hydrogen-bond acceptors (Lipinski definition) is 5. The Morgan fingerprint density at radius 2 is 1.49 bits per heavy atom. The Morgan fingerprint density at radius 1 is 0.885 bits per heavy atom. The number of aldehydes is 1. The first-order valence-electron chi connectivity index (χ1n) is 22.2. The standard InChI is InChI=1S/C33H38Cl2F3N3O.C9H18O.C6H14.C2H4O/c1-7-11-21(6)30(35)29(31-27(34)16-24(17-39-31)33(36,37)38)26-18-40-41(28(26)12-8-2)19-22-13-14-25(23(10-4)15-22)32(42)20(5)9-3;1-4-5-9(10)7-6-8(2)3;1-4-6(3)5-2;1-2-3/h12-18,20H,7-11,19H2,1-6H3;8H,4-7H2,1-3H3;6H,4-5H2,1-3H3;2H,1H3/b28-12+,29-26+,30-21-;;;. The molecule has 0 saturated heterocycles. The fourth-order valence-corrected chi connectivity index (χ4v) is 6.54. The number of aryl methyl sites for hydroxylation is 1. The fourth-order valence-electron chi connectivity index (χ4n) is 5.99. The van der Waals surface area contributed by atoms with Gasteiger partial charge in [-0.15, -0.1) is 0 Å². The van der Waals surface area contributed by atoms with Crippen LogP contribution in [0, 0.1) is 17.8 Å². The van der Waals surface area contributed by atoms with Crippen LogP contribution in [0.2, 0.25) is 5.02 Å². The van der Waals surface area contributed by atoms with Crippen molar-refractivity contribution in [2.75, 3.05) is 0 Å². The predicted molar refractivity (Wildman–Crippen MR) is 251 cm³/mol. The van der Waals surface area contributed by atoms with E-state index in [1.165, 1.54) is 19.8 Å². The van der Waals surface area contributed by atoms with Crippen LogP contribution in [0.1, 0.15) is 187 Å². The van der Waals surface area contributed by atoms with E-state index in [9.17, 15) is 22.8 Å². The van der Waals surface area contributed by atoms with Gasteiger partial charge in [0.25, 0.3) is 0 Å². The highest BCUT2D eigenvalue weighted by molar-refractivity contribution is 6.39. The molecular weight excluding hydrogens is 818 g/mol. The number of alkyl halides is 3. The molecule has 3 rings (SSSR count). The van der Waals surface area contributed by atoms with Crippen LogP contribution >= 0.6 is 23.2 Å². The van der Waals surface area contributed by atoms with Crippen molar-refractivity contribution in [3.63, 3.8) is 0 Å². The second kappa shape index (κ2) is 30.5. The molecule has 1 unspecified atom stereocenters. The highest BCUT2D eigenvalue weighted by Gasteiger charge is 2.32. The van der Waals surface area contributed by atoms with Crippen molar-refractivity contribution in [2.45, 2.75) is 173 Å². The minimum atomic E-state index is -4.58. The minimum absolute atomic E-state index is 0.0471. The molecule has 2 aromatic heterocycles. The normalized spacial score (nSPS) is 13.0. The quantitative estimate of drug-likeness (QED) is 0.0938. The summed E-state index contributed by atoms with van der Waals surface area (Å²) in [5.74, 6) is 2.13. The van der Waals surface area contributed by atoms with E-state index in [2.05, 4.69) is 44.7 Å². The molecule has 3 aromatic rings. The Kier molecular flexibility index (Phi) is 28.7. The van der Waals surface area contributed by atoms with E-state index in [4.69, 9.17) is 28.0 Å². The molecule has 0 amide bonds. The smallest absolute Gasteiger partial charge is 0.304 e. The largest absolute Gasteiger partial charge is 0.417 e. The van der Waals surface area contributed by atoms with E-state index in [0.717, 1.165) is 97.0 Å². The molecular formula is C50H74Cl2F3N3O3. The summed E-state index contributed by atoms with van der Waals surface area (Å²) in [6.07, 6.45) is 10.6. The zero-order valence-corrected chi connectivity index (χ0v) is 40.8. The number of hydrogen-bond donors (Lipinski definition) is 0. The molecule has 61 heavy (non-hydrogen) atoms. The van der Waals surface area contributed by atoms with Crippen molar-refractivity contribution in [2.24, 2.45) is 17.8 Å². The summed E-state index contributed by atoms with van der Waals surface area (Å²) in [5, 5.41) is 6.30. The van der Waals surface area contributed by atoms with Gasteiger partial charge in [-0.1, -0.05) is 148 Å². The summed E-state index contributed by atoms with van der Waals surface area (Å²) >= 11 is 13.4. The Labute approximate surface area is 375 Å². The molecule has 0 bridgehead atoms. The van der Waals surface area contributed by atoms with Gasteiger partial charge in [0.05, 0.1) is 34.4 Å². The monoisotopic (exact) mass is 892 g/mol. The molecule has 1 aromatic carbocycles. The number of nitrogens with zero attached hydrogens (tertiary/aromatic N) is 3. The van der Waals surface area contributed by atoms with Gasteiger partial charge in [0, 0.05) is 46.3 Å². The first-order chi connectivity index (χ1) is 28.8. The summed E-state index contributed by atoms with van der Waals surface area (Å²) in [6, 6.07) is 6.77. The highest BCUT2D eigenvalue weighted by Crippen LogP contribution is 2.35. The average Bonchev–Trinajstić information content (AvgIpc) is 3.60. The minimum Gasteiger partial charge on any atom is -0.304 e. The number of halogens is 5. The number of pyridine rings is 1. The van der Waals surface area contributed by atoms with Gasteiger partial charge in [-0.05, 0) is 81.4 Å². The summed E-state index contributed by atoms with van der Waals surface area (Å²) < 4.78 is 42.0. The average molecular weight is 893 g/mol. The zero-order chi connectivity index (χ0) is 46.9. The molecule has 342 valence electrons. The number of rotatable bonds is 18. The maximum Gasteiger partial charge on any atom is 0.417 e. The van der Waals surface area contributed by atoms with E-state index < -0.39 is 11.7 Å². The van der Waals surface area contributed by atoms with Crippen LogP contribution in [-0.2, 0) is 28.7 Å². The van der Waals surface area contributed by atoms with Crippen molar-refractivity contribution in [3.05, 3.63) is 90.8 Å². The van der Waals surface area contributed by atoms with Crippen LogP contribution in [-0.4, -0.2) is 32.6 Å². The van der Waals surface area contributed by atoms with Crippen molar-refractivity contribution >= 4 is 52.7 Å². The first-order valence-corrected chi connectivity index (χ1v) is 22.9. The molecule has 0 aliphatic heterocycles. The lowest BCUT2D eigenvalue weighted by atomic mass is 9.91. The molecule has 2 heterocycles. The lowest BCUT2D eigenvalue weighted by Crippen LogP contribution is -2.32. The number of carbonyl (C=O) groups excluding carboxylic acids is 3. The van der Waals surface area contributed by atoms with Gasteiger partial charge >= 0.3 is 6.18 Å². The molecule has 0 aliphatic carbocycles. The Bertz CT molecular complexity index is 1950. The van der Waals surface area contributed by atoms with Crippen molar-refractivity contribution in [3.8, 4) is 0 Å². The molecule has 1 atom stereocenters. The molecule has 0 radical (unpaired) electrons. The summed E-state index contributed by atoms with van der Waals surface area (Å²) in [6.45, 7) is 26.9. The van der Waals surface area contributed by atoms with Crippen LogP contribution in [0.5, 0.6) is 0 Å². The second-order valence-corrected chi connectivity index (χ2v) is 16.7. The van der Waals surface area contributed by atoms with Crippen LogP contribution in [0.15, 0.2) is 47.3 Å². The number of Topliss-reactive ketones (excluding diaryl/α,β-unsaturated/α-hetero) is 2. The van der Waals surface area contributed by atoms with E-state index in [0.29, 0.717) is 46.9 Å². The lowest BCUT2D eigenvalue weighted by molar-refractivity contribution is -0.137. The lowest BCUT2D eigenvalue weighted by Gasteiger charge is -2.14. The third kappa shape index (κ3) is 20.0. The third-order valence-electron chi connectivity index (χ3n) is 10.3. The van der Waals surface area contributed by atoms with E-state index in [-0.39, 0.29) is 22.4 Å². The van der Waals surface area contributed by atoms with Crippen LogP contribution in [0.25, 0.3) is 11.6 Å². The maximum absolute atomic E-state index is 13.4. The Hall–Kier alpha value is -3.56. The maximum atomic E-state index is 13.4. The number of ketones is 2. The van der Waals surface area contributed by atoms with Gasteiger partial charge in [-0.2, -0.15) is 18.3 Å².